The number of hydrogen-bond donors (Lipinski definition) is 1. The molecule has 1 aliphatic rings. The van der Waals surface area contributed by atoms with Crippen molar-refractivity contribution in [2.45, 2.75) is 23.2 Å². The molecule has 0 amide bonds. The largest absolute Gasteiger partial charge is 0.384 e. The Morgan fingerprint density at radius 2 is 2.30 bits per heavy atom. The number of aryl methyl sites for hydroxylation is 1. The summed E-state index contributed by atoms with van der Waals surface area (Å²) in [5, 5.41) is 1.78. The van der Waals surface area contributed by atoms with Gasteiger partial charge in [0.2, 0.25) is 0 Å². The first kappa shape index (κ1) is 16.4. The molecule has 2 aromatic heterocycles. The molecule has 1 atom stereocenters. The quantitative estimate of drug-likeness (QED) is 0.885. The average molecular weight is 353 g/mol. The molecule has 0 aliphatic carbocycles. The first-order chi connectivity index (χ1) is 11.1. The Labute approximate surface area is 140 Å². The molecule has 1 unspecified atom stereocenters. The number of morpholine rings is 1. The van der Waals surface area contributed by atoms with E-state index in [1.165, 1.54) is 15.6 Å². The van der Waals surface area contributed by atoms with E-state index in [4.69, 9.17) is 10.5 Å². The molecule has 1 aliphatic heterocycles. The summed E-state index contributed by atoms with van der Waals surface area (Å²) < 4.78 is 32.8. The van der Waals surface area contributed by atoms with Gasteiger partial charge in [-0.2, -0.15) is 4.31 Å². The molecule has 2 N–H and O–H groups in total. The summed E-state index contributed by atoms with van der Waals surface area (Å²) in [7, 11) is -3.40. The van der Waals surface area contributed by atoms with Crippen LogP contribution in [0.15, 0.2) is 40.1 Å². The van der Waals surface area contributed by atoms with Gasteiger partial charge in [-0.15, -0.1) is 11.3 Å². The van der Waals surface area contributed by atoms with E-state index in [-0.39, 0.29) is 6.10 Å². The highest BCUT2D eigenvalue weighted by molar-refractivity contribution is 7.91. The normalized spacial score (nSPS) is 19.7. The number of nitrogens with zero attached hydrogens (tertiary/aromatic N) is 2. The predicted molar refractivity (Wildman–Crippen MR) is 89.8 cm³/mol. The van der Waals surface area contributed by atoms with Gasteiger partial charge in [-0.25, -0.2) is 13.4 Å². The lowest BCUT2D eigenvalue weighted by atomic mass is 10.1. The van der Waals surface area contributed by atoms with E-state index in [1.807, 2.05) is 12.1 Å². The zero-order valence-electron chi connectivity index (χ0n) is 12.6. The third-order valence-electron chi connectivity index (χ3n) is 3.79. The molecule has 3 heterocycles. The Hall–Kier alpha value is -1.48. The Morgan fingerprint density at radius 1 is 1.43 bits per heavy atom. The first-order valence-electron chi connectivity index (χ1n) is 7.41. The Bertz CT molecular complexity index is 747. The van der Waals surface area contributed by atoms with E-state index in [0.29, 0.717) is 29.7 Å². The van der Waals surface area contributed by atoms with Crippen LogP contribution in [-0.2, 0) is 21.2 Å². The highest BCUT2D eigenvalue weighted by Gasteiger charge is 2.31. The molecule has 3 rings (SSSR count). The number of pyridine rings is 1. The van der Waals surface area contributed by atoms with Gasteiger partial charge < -0.3 is 10.5 Å². The molecule has 0 radical (unpaired) electrons. The third kappa shape index (κ3) is 3.89. The Morgan fingerprint density at radius 3 is 3.04 bits per heavy atom. The van der Waals surface area contributed by atoms with Crippen molar-refractivity contribution in [1.29, 1.82) is 0 Å². The van der Waals surface area contributed by atoms with Gasteiger partial charge in [0.15, 0.2) is 0 Å². The number of nitrogen functional groups attached to an aromatic ring is 1. The zero-order valence-corrected chi connectivity index (χ0v) is 14.2. The van der Waals surface area contributed by atoms with Crippen molar-refractivity contribution in [2.75, 3.05) is 25.4 Å². The van der Waals surface area contributed by atoms with E-state index >= 15 is 0 Å². The summed E-state index contributed by atoms with van der Waals surface area (Å²) in [5.41, 5.74) is 6.75. The number of anilines is 1. The van der Waals surface area contributed by atoms with E-state index in [9.17, 15) is 8.42 Å². The fourth-order valence-electron chi connectivity index (χ4n) is 2.60. The smallest absolute Gasteiger partial charge is 0.252 e. The Kier molecular flexibility index (Phi) is 4.96. The third-order valence-corrected chi connectivity index (χ3v) is 7.03. The molecule has 23 heavy (non-hydrogen) atoms. The fraction of sp³-hybridized carbons (Fsp3) is 0.400. The Balaban J connectivity index is 1.62. The second-order valence-corrected chi connectivity index (χ2v) is 8.53. The standard InChI is InChI=1S/C15H19N3O3S2/c16-14-10-12(5-6-17-14)3-4-13-11-18(7-8-21-13)23(19,20)15-2-1-9-22-15/h1-2,5-6,9-10,13H,3-4,7-8,11H2,(H2,16,17). The van der Waals surface area contributed by atoms with Crippen molar-refractivity contribution in [3.05, 3.63) is 41.4 Å². The summed E-state index contributed by atoms with van der Waals surface area (Å²) in [5.74, 6) is 0.494. The van der Waals surface area contributed by atoms with E-state index < -0.39 is 10.0 Å². The minimum atomic E-state index is -3.40. The van der Waals surface area contributed by atoms with Crippen molar-refractivity contribution >= 4 is 27.2 Å². The predicted octanol–water partition coefficient (Wildman–Crippen LogP) is 1.75. The van der Waals surface area contributed by atoms with Crippen molar-refractivity contribution in [3.8, 4) is 0 Å². The van der Waals surface area contributed by atoms with Crippen molar-refractivity contribution in [2.24, 2.45) is 0 Å². The molecule has 8 heteroatoms. The number of ether oxygens (including phenoxy) is 1. The lowest BCUT2D eigenvalue weighted by molar-refractivity contribution is -0.00521. The van der Waals surface area contributed by atoms with Crippen LogP contribution >= 0.6 is 11.3 Å². The molecule has 124 valence electrons. The second-order valence-electron chi connectivity index (χ2n) is 5.42. The number of nitrogens with two attached hydrogens (primary N) is 1. The molecule has 0 spiro atoms. The van der Waals surface area contributed by atoms with Crippen LogP contribution in [0.25, 0.3) is 0 Å². The second kappa shape index (κ2) is 6.96. The molecule has 0 saturated carbocycles. The summed E-state index contributed by atoms with van der Waals surface area (Å²) in [6.07, 6.45) is 3.11. The van der Waals surface area contributed by atoms with Gasteiger partial charge in [0.25, 0.3) is 10.0 Å². The van der Waals surface area contributed by atoms with Gasteiger partial charge in [0.1, 0.15) is 10.0 Å². The summed E-state index contributed by atoms with van der Waals surface area (Å²) in [6, 6.07) is 7.15. The number of rotatable bonds is 5. The maximum atomic E-state index is 12.6. The molecule has 1 fully saturated rings. The number of aromatic nitrogens is 1. The van der Waals surface area contributed by atoms with Gasteiger partial charge in [-0.3, -0.25) is 0 Å². The van der Waals surface area contributed by atoms with Gasteiger partial charge in [0.05, 0.1) is 12.7 Å². The highest BCUT2D eigenvalue weighted by Crippen LogP contribution is 2.24. The summed E-state index contributed by atoms with van der Waals surface area (Å²) in [6.45, 7) is 1.22. The molecule has 0 aromatic carbocycles. The number of hydrogen-bond acceptors (Lipinski definition) is 6. The van der Waals surface area contributed by atoms with Gasteiger partial charge in [-0.05, 0) is 42.0 Å². The van der Waals surface area contributed by atoms with Gasteiger partial charge in [0, 0.05) is 19.3 Å². The number of thiophene rings is 1. The molecule has 0 bridgehead atoms. The maximum Gasteiger partial charge on any atom is 0.252 e. The van der Waals surface area contributed by atoms with Crippen LogP contribution in [0.2, 0.25) is 0 Å². The monoisotopic (exact) mass is 353 g/mol. The van der Waals surface area contributed by atoms with Crippen molar-refractivity contribution in [3.63, 3.8) is 0 Å². The lowest BCUT2D eigenvalue weighted by Crippen LogP contribution is -2.45. The minimum absolute atomic E-state index is 0.104. The topological polar surface area (TPSA) is 85.5 Å². The molecule has 1 saturated heterocycles. The number of sulfonamides is 1. The first-order valence-corrected chi connectivity index (χ1v) is 9.73. The minimum Gasteiger partial charge on any atom is -0.384 e. The maximum absolute atomic E-state index is 12.6. The SMILES string of the molecule is Nc1cc(CCC2CN(S(=O)(=O)c3cccs3)CCO2)ccn1. The van der Waals surface area contributed by atoms with Crippen LogP contribution in [-0.4, -0.2) is 43.5 Å². The summed E-state index contributed by atoms with van der Waals surface area (Å²) >= 11 is 1.25. The van der Waals surface area contributed by atoms with Gasteiger partial charge in [-0.1, -0.05) is 6.07 Å². The molecular formula is C15H19N3O3S2. The van der Waals surface area contributed by atoms with Crippen molar-refractivity contribution in [1.82, 2.24) is 9.29 Å². The average Bonchev–Trinajstić information content (AvgIpc) is 3.09. The van der Waals surface area contributed by atoms with Crippen LogP contribution in [0.5, 0.6) is 0 Å². The summed E-state index contributed by atoms with van der Waals surface area (Å²) in [4.78, 5) is 3.97. The lowest BCUT2D eigenvalue weighted by Gasteiger charge is -2.31. The van der Waals surface area contributed by atoms with E-state index in [0.717, 1.165) is 18.4 Å². The fourth-order valence-corrected chi connectivity index (χ4v) is 5.20. The van der Waals surface area contributed by atoms with Crippen molar-refractivity contribution < 1.29 is 13.2 Å². The van der Waals surface area contributed by atoms with Crippen LogP contribution in [0.4, 0.5) is 5.82 Å². The van der Waals surface area contributed by atoms with Crippen LogP contribution in [0.1, 0.15) is 12.0 Å². The van der Waals surface area contributed by atoms with E-state index in [2.05, 4.69) is 4.98 Å². The van der Waals surface area contributed by atoms with Gasteiger partial charge >= 0.3 is 0 Å². The van der Waals surface area contributed by atoms with Crippen LogP contribution in [0, 0.1) is 0 Å². The highest BCUT2D eigenvalue weighted by atomic mass is 32.2. The zero-order chi connectivity index (χ0) is 16.3. The molecule has 6 nitrogen and oxygen atoms in total. The van der Waals surface area contributed by atoms with Crippen LogP contribution < -0.4 is 5.73 Å². The molecule has 2 aromatic rings. The van der Waals surface area contributed by atoms with E-state index in [1.54, 1.807) is 23.7 Å². The molecular weight excluding hydrogens is 334 g/mol. The van der Waals surface area contributed by atoms with Crippen LogP contribution in [0.3, 0.4) is 0 Å².